The van der Waals surface area contributed by atoms with E-state index in [1.165, 1.54) is 0 Å². The lowest BCUT2D eigenvalue weighted by Crippen LogP contribution is -2.28. The van der Waals surface area contributed by atoms with Gasteiger partial charge in [-0.15, -0.1) is 0 Å². The highest BCUT2D eigenvalue weighted by Gasteiger charge is 2.07. The molecule has 1 heterocycles. The van der Waals surface area contributed by atoms with Gasteiger partial charge in [0.25, 0.3) is 0 Å². The van der Waals surface area contributed by atoms with Gasteiger partial charge in [-0.25, -0.2) is 4.98 Å². The molecule has 0 amide bonds. The predicted octanol–water partition coefficient (Wildman–Crippen LogP) is 2.44. The lowest BCUT2D eigenvalue weighted by molar-refractivity contribution is 0.614. The van der Waals surface area contributed by atoms with E-state index in [0.29, 0.717) is 11.5 Å². The van der Waals surface area contributed by atoms with Crippen molar-refractivity contribution >= 4 is 5.82 Å². The molecule has 80 valence electrons. The number of anilines is 1. The molecule has 3 nitrogen and oxygen atoms in total. The second-order valence-electron chi connectivity index (χ2n) is 3.95. The molecular weight excluding hydrogens is 186 g/mol. The number of nitrogens with zero attached hydrogens (tertiary/aromatic N) is 3. The summed E-state index contributed by atoms with van der Waals surface area (Å²) in [4.78, 5) is 6.47. The molecule has 0 radical (unpaired) electrons. The Morgan fingerprint density at radius 2 is 2.27 bits per heavy atom. The van der Waals surface area contributed by atoms with E-state index < -0.39 is 0 Å². The van der Waals surface area contributed by atoms with Gasteiger partial charge in [-0.05, 0) is 25.0 Å². The Kier molecular flexibility index (Phi) is 4.11. The van der Waals surface area contributed by atoms with Crippen LogP contribution in [-0.4, -0.2) is 18.1 Å². The molecule has 0 fully saturated rings. The van der Waals surface area contributed by atoms with Crippen LogP contribution in [0.4, 0.5) is 5.82 Å². The molecule has 1 aromatic rings. The quantitative estimate of drug-likeness (QED) is 0.754. The topological polar surface area (TPSA) is 39.9 Å². The normalized spacial score (nSPS) is 10.1. The zero-order valence-corrected chi connectivity index (χ0v) is 9.57. The highest BCUT2D eigenvalue weighted by atomic mass is 15.2. The lowest BCUT2D eigenvalue weighted by Gasteiger charge is -2.23. The molecule has 0 aromatic carbocycles. The van der Waals surface area contributed by atoms with E-state index in [0.717, 1.165) is 18.9 Å². The molecule has 0 aliphatic heterocycles. The van der Waals surface area contributed by atoms with Crippen molar-refractivity contribution in [2.75, 3.05) is 18.0 Å². The average Bonchev–Trinajstić information content (AvgIpc) is 2.25. The van der Waals surface area contributed by atoms with Gasteiger partial charge in [0.05, 0.1) is 11.6 Å². The van der Waals surface area contributed by atoms with Crippen molar-refractivity contribution in [3.8, 4) is 6.07 Å². The van der Waals surface area contributed by atoms with E-state index in [2.05, 4.69) is 36.7 Å². The molecule has 0 aliphatic rings. The largest absolute Gasteiger partial charge is 0.357 e. The first kappa shape index (κ1) is 11.5. The van der Waals surface area contributed by atoms with Crippen LogP contribution in [0.5, 0.6) is 0 Å². The van der Waals surface area contributed by atoms with Gasteiger partial charge in [0, 0.05) is 19.3 Å². The van der Waals surface area contributed by atoms with Gasteiger partial charge in [0.2, 0.25) is 0 Å². The summed E-state index contributed by atoms with van der Waals surface area (Å²) >= 11 is 0. The predicted molar refractivity (Wildman–Crippen MR) is 61.7 cm³/mol. The van der Waals surface area contributed by atoms with Crippen LogP contribution in [0.3, 0.4) is 0 Å². The first-order valence-corrected chi connectivity index (χ1v) is 5.28. The highest BCUT2D eigenvalue weighted by molar-refractivity contribution is 5.44. The SMILES string of the molecule is CCN(CC(C)C)c1cc(C#N)ccn1. The first-order valence-electron chi connectivity index (χ1n) is 5.28. The molecule has 15 heavy (non-hydrogen) atoms. The van der Waals surface area contributed by atoms with E-state index in [1.807, 2.05) is 6.07 Å². The third kappa shape index (κ3) is 3.25. The van der Waals surface area contributed by atoms with Crippen molar-refractivity contribution in [1.82, 2.24) is 4.98 Å². The first-order chi connectivity index (χ1) is 7.17. The Labute approximate surface area is 91.4 Å². The van der Waals surface area contributed by atoms with Crippen molar-refractivity contribution in [1.29, 1.82) is 5.26 Å². The van der Waals surface area contributed by atoms with Gasteiger partial charge in [0.1, 0.15) is 5.82 Å². The van der Waals surface area contributed by atoms with E-state index in [1.54, 1.807) is 12.3 Å². The van der Waals surface area contributed by atoms with Crippen LogP contribution < -0.4 is 4.90 Å². The Morgan fingerprint density at radius 1 is 1.53 bits per heavy atom. The van der Waals surface area contributed by atoms with Gasteiger partial charge < -0.3 is 4.90 Å². The van der Waals surface area contributed by atoms with E-state index in [4.69, 9.17) is 5.26 Å². The number of hydrogen-bond acceptors (Lipinski definition) is 3. The standard InChI is InChI=1S/C12H17N3/c1-4-15(9-10(2)3)12-7-11(8-13)5-6-14-12/h5-7,10H,4,9H2,1-3H3. The monoisotopic (exact) mass is 203 g/mol. The van der Waals surface area contributed by atoms with Crippen molar-refractivity contribution < 1.29 is 0 Å². The highest BCUT2D eigenvalue weighted by Crippen LogP contribution is 2.13. The fourth-order valence-corrected chi connectivity index (χ4v) is 1.49. The van der Waals surface area contributed by atoms with Gasteiger partial charge in [-0.2, -0.15) is 5.26 Å². The van der Waals surface area contributed by atoms with Crippen molar-refractivity contribution in [2.24, 2.45) is 5.92 Å². The van der Waals surface area contributed by atoms with Gasteiger partial charge in [0.15, 0.2) is 0 Å². The molecule has 1 aromatic heterocycles. The number of aromatic nitrogens is 1. The Bertz CT molecular complexity index is 352. The van der Waals surface area contributed by atoms with Crippen molar-refractivity contribution in [2.45, 2.75) is 20.8 Å². The summed E-state index contributed by atoms with van der Waals surface area (Å²) in [5.41, 5.74) is 0.669. The minimum atomic E-state index is 0.595. The minimum Gasteiger partial charge on any atom is -0.357 e. The minimum absolute atomic E-state index is 0.595. The van der Waals surface area contributed by atoms with E-state index in [9.17, 15) is 0 Å². The molecule has 0 bridgehead atoms. The summed E-state index contributed by atoms with van der Waals surface area (Å²) in [5.74, 6) is 1.49. The second kappa shape index (κ2) is 5.35. The van der Waals surface area contributed by atoms with Gasteiger partial charge in [-0.1, -0.05) is 13.8 Å². The second-order valence-corrected chi connectivity index (χ2v) is 3.95. The van der Waals surface area contributed by atoms with E-state index >= 15 is 0 Å². The van der Waals surface area contributed by atoms with Crippen LogP contribution >= 0.6 is 0 Å². The number of hydrogen-bond donors (Lipinski definition) is 0. The molecule has 1 rings (SSSR count). The third-order valence-electron chi connectivity index (χ3n) is 2.17. The van der Waals surface area contributed by atoms with Crippen LogP contribution in [0.1, 0.15) is 26.3 Å². The molecule has 0 saturated heterocycles. The van der Waals surface area contributed by atoms with Crippen LogP contribution in [0.15, 0.2) is 18.3 Å². The zero-order chi connectivity index (χ0) is 11.3. The van der Waals surface area contributed by atoms with Gasteiger partial charge in [-0.3, -0.25) is 0 Å². The molecule has 3 heteroatoms. The maximum Gasteiger partial charge on any atom is 0.129 e. The lowest BCUT2D eigenvalue weighted by atomic mass is 10.2. The summed E-state index contributed by atoms with van der Waals surface area (Å²) in [6, 6.07) is 5.70. The average molecular weight is 203 g/mol. The number of rotatable bonds is 4. The molecular formula is C12H17N3. The Hall–Kier alpha value is -1.56. The summed E-state index contributed by atoms with van der Waals surface area (Å²) < 4.78 is 0. The fourth-order valence-electron chi connectivity index (χ4n) is 1.49. The molecule has 0 aliphatic carbocycles. The van der Waals surface area contributed by atoms with Crippen LogP contribution in [-0.2, 0) is 0 Å². The summed E-state index contributed by atoms with van der Waals surface area (Å²) in [6.45, 7) is 8.34. The van der Waals surface area contributed by atoms with Crippen LogP contribution in [0, 0.1) is 17.2 Å². The summed E-state index contributed by atoms with van der Waals surface area (Å²) in [6.07, 6.45) is 1.69. The van der Waals surface area contributed by atoms with Crippen molar-refractivity contribution in [3.05, 3.63) is 23.9 Å². The smallest absolute Gasteiger partial charge is 0.129 e. The molecule has 0 saturated carbocycles. The number of nitriles is 1. The maximum atomic E-state index is 8.80. The van der Waals surface area contributed by atoms with Crippen molar-refractivity contribution in [3.63, 3.8) is 0 Å². The molecule has 0 spiro atoms. The zero-order valence-electron chi connectivity index (χ0n) is 9.57. The summed E-state index contributed by atoms with van der Waals surface area (Å²) in [5, 5.41) is 8.80. The molecule has 0 atom stereocenters. The van der Waals surface area contributed by atoms with Crippen LogP contribution in [0.2, 0.25) is 0 Å². The molecule has 0 unspecified atom stereocenters. The fraction of sp³-hybridized carbons (Fsp3) is 0.500. The van der Waals surface area contributed by atoms with E-state index in [-0.39, 0.29) is 0 Å². The Balaban J connectivity index is 2.87. The Morgan fingerprint density at radius 3 is 2.80 bits per heavy atom. The van der Waals surface area contributed by atoms with Crippen LogP contribution in [0.25, 0.3) is 0 Å². The maximum absolute atomic E-state index is 8.80. The number of pyridine rings is 1. The summed E-state index contributed by atoms with van der Waals surface area (Å²) in [7, 11) is 0. The third-order valence-corrected chi connectivity index (χ3v) is 2.17. The van der Waals surface area contributed by atoms with Gasteiger partial charge >= 0.3 is 0 Å². The molecule has 0 N–H and O–H groups in total.